The molecule has 1 saturated heterocycles. The van der Waals surface area contributed by atoms with Gasteiger partial charge in [-0.1, -0.05) is 38.1 Å². The molecule has 1 unspecified atom stereocenters. The van der Waals surface area contributed by atoms with Gasteiger partial charge in [-0.25, -0.2) is 0 Å². The second-order valence-electron chi connectivity index (χ2n) is 6.26. The SMILES string of the molecule is CC(C)c1ccc(-c2cc(N3CCCC(N)C3)n[nH]2)cc1. The number of benzene rings is 1. The number of hydrogen-bond donors (Lipinski definition) is 2. The van der Waals surface area contributed by atoms with Crippen LogP contribution in [0.5, 0.6) is 0 Å². The van der Waals surface area contributed by atoms with E-state index < -0.39 is 0 Å². The summed E-state index contributed by atoms with van der Waals surface area (Å²) in [6, 6.07) is 11.1. The first-order valence-electron chi connectivity index (χ1n) is 7.80. The van der Waals surface area contributed by atoms with E-state index in [1.807, 2.05) is 0 Å². The summed E-state index contributed by atoms with van der Waals surface area (Å²) in [5.41, 5.74) is 9.66. The molecule has 1 aliphatic heterocycles. The molecule has 0 aliphatic carbocycles. The van der Waals surface area contributed by atoms with Crippen molar-refractivity contribution in [2.45, 2.75) is 38.6 Å². The number of hydrogen-bond acceptors (Lipinski definition) is 3. The Bertz CT molecular complexity index is 585. The number of nitrogens with one attached hydrogen (secondary N) is 1. The highest BCUT2D eigenvalue weighted by molar-refractivity contribution is 5.63. The van der Waals surface area contributed by atoms with Crippen molar-refractivity contribution in [2.24, 2.45) is 5.73 Å². The fraction of sp³-hybridized carbons (Fsp3) is 0.471. The maximum atomic E-state index is 6.05. The molecule has 4 nitrogen and oxygen atoms in total. The zero-order chi connectivity index (χ0) is 14.8. The maximum Gasteiger partial charge on any atom is 0.151 e. The zero-order valence-corrected chi connectivity index (χ0v) is 12.8. The van der Waals surface area contributed by atoms with E-state index in [0.29, 0.717) is 5.92 Å². The molecule has 2 heterocycles. The summed E-state index contributed by atoms with van der Waals surface area (Å²) in [4.78, 5) is 2.27. The highest BCUT2D eigenvalue weighted by atomic mass is 15.3. The molecule has 3 rings (SSSR count). The molecular formula is C17H24N4. The van der Waals surface area contributed by atoms with E-state index in [1.165, 1.54) is 11.1 Å². The number of H-pyrrole nitrogens is 1. The molecule has 1 aromatic carbocycles. The van der Waals surface area contributed by atoms with Crippen LogP contribution in [0, 0.1) is 0 Å². The van der Waals surface area contributed by atoms with Crippen LogP contribution in [0.3, 0.4) is 0 Å². The Kier molecular flexibility index (Phi) is 3.97. The molecule has 112 valence electrons. The second kappa shape index (κ2) is 5.90. The largest absolute Gasteiger partial charge is 0.354 e. The van der Waals surface area contributed by atoms with Crippen molar-refractivity contribution in [1.82, 2.24) is 10.2 Å². The van der Waals surface area contributed by atoms with Crippen LogP contribution < -0.4 is 10.6 Å². The summed E-state index contributed by atoms with van der Waals surface area (Å²) < 4.78 is 0. The quantitative estimate of drug-likeness (QED) is 0.910. The summed E-state index contributed by atoms with van der Waals surface area (Å²) in [6.07, 6.45) is 2.26. The third-order valence-corrected chi connectivity index (χ3v) is 4.23. The highest BCUT2D eigenvalue weighted by Crippen LogP contribution is 2.25. The number of anilines is 1. The molecule has 1 aromatic heterocycles. The average Bonchev–Trinajstić information content (AvgIpc) is 2.97. The molecule has 4 heteroatoms. The number of aromatic amines is 1. The van der Waals surface area contributed by atoms with Gasteiger partial charge in [0.1, 0.15) is 0 Å². The summed E-state index contributed by atoms with van der Waals surface area (Å²) in [5, 5.41) is 7.60. The van der Waals surface area contributed by atoms with Gasteiger partial charge in [0.05, 0.1) is 5.69 Å². The molecule has 1 aliphatic rings. The Balaban J connectivity index is 1.78. The van der Waals surface area contributed by atoms with Crippen LogP contribution in [-0.2, 0) is 0 Å². The lowest BCUT2D eigenvalue weighted by Gasteiger charge is -2.30. The van der Waals surface area contributed by atoms with E-state index in [9.17, 15) is 0 Å². The Hall–Kier alpha value is -1.81. The van der Waals surface area contributed by atoms with E-state index in [4.69, 9.17) is 5.73 Å². The van der Waals surface area contributed by atoms with Crippen LogP contribution >= 0.6 is 0 Å². The van der Waals surface area contributed by atoms with Crippen LogP contribution in [0.2, 0.25) is 0 Å². The molecule has 0 saturated carbocycles. The monoisotopic (exact) mass is 284 g/mol. The summed E-state index contributed by atoms with van der Waals surface area (Å²) >= 11 is 0. The maximum absolute atomic E-state index is 6.05. The minimum atomic E-state index is 0.268. The third-order valence-electron chi connectivity index (χ3n) is 4.23. The van der Waals surface area contributed by atoms with Crippen LogP contribution in [0.15, 0.2) is 30.3 Å². The van der Waals surface area contributed by atoms with Gasteiger partial charge in [0, 0.05) is 25.2 Å². The van der Waals surface area contributed by atoms with Gasteiger partial charge in [0.15, 0.2) is 5.82 Å². The van der Waals surface area contributed by atoms with Gasteiger partial charge < -0.3 is 10.6 Å². The number of nitrogens with zero attached hydrogens (tertiary/aromatic N) is 2. The zero-order valence-electron chi connectivity index (χ0n) is 12.8. The Morgan fingerprint density at radius 3 is 2.71 bits per heavy atom. The number of rotatable bonds is 3. The van der Waals surface area contributed by atoms with E-state index in [0.717, 1.165) is 37.4 Å². The molecule has 0 spiro atoms. The first-order valence-corrected chi connectivity index (χ1v) is 7.80. The minimum absolute atomic E-state index is 0.268. The topological polar surface area (TPSA) is 57.9 Å². The molecule has 0 bridgehead atoms. The predicted molar refractivity (Wildman–Crippen MR) is 87.5 cm³/mol. The van der Waals surface area contributed by atoms with Crippen molar-refractivity contribution in [3.63, 3.8) is 0 Å². The molecule has 1 atom stereocenters. The van der Waals surface area contributed by atoms with Gasteiger partial charge in [-0.15, -0.1) is 0 Å². The lowest BCUT2D eigenvalue weighted by atomic mass is 10.0. The third kappa shape index (κ3) is 3.10. The summed E-state index contributed by atoms with van der Waals surface area (Å²) in [6.45, 7) is 6.37. The van der Waals surface area contributed by atoms with Crippen LogP contribution in [-0.4, -0.2) is 29.3 Å². The molecular weight excluding hydrogens is 260 g/mol. The average molecular weight is 284 g/mol. The highest BCUT2D eigenvalue weighted by Gasteiger charge is 2.19. The van der Waals surface area contributed by atoms with Crippen LogP contribution in [0.4, 0.5) is 5.82 Å². The van der Waals surface area contributed by atoms with Gasteiger partial charge in [0.25, 0.3) is 0 Å². The van der Waals surface area contributed by atoms with E-state index in [2.05, 4.69) is 59.3 Å². The summed E-state index contributed by atoms with van der Waals surface area (Å²) in [7, 11) is 0. The number of piperidine rings is 1. The van der Waals surface area contributed by atoms with E-state index in [-0.39, 0.29) is 6.04 Å². The lowest BCUT2D eigenvalue weighted by Crippen LogP contribution is -2.43. The van der Waals surface area contributed by atoms with Crippen molar-refractivity contribution in [3.8, 4) is 11.3 Å². The summed E-state index contributed by atoms with van der Waals surface area (Å²) in [5.74, 6) is 1.57. The van der Waals surface area contributed by atoms with Crippen molar-refractivity contribution >= 4 is 5.82 Å². The normalized spacial score (nSPS) is 19.2. The van der Waals surface area contributed by atoms with Gasteiger partial charge in [-0.3, -0.25) is 5.10 Å². The molecule has 2 aromatic rings. The van der Waals surface area contributed by atoms with Crippen molar-refractivity contribution in [2.75, 3.05) is 18.0 Å². The minimum Gasteiger partial charge on any atom is -0.354 e. The van der Waals surface area contributed by atoms with Crippen molar-refractivity contribution in [3.05, 3.63) is 35.9 Å². The Labute approximate surface area is 126 Å². The molecule has 3 N–H and O–H groups in total. The Morgan fingerprint density at radius 1 is 1.29 bits per heavy atom. The van der Waals surface area contributed by atoms with Crippen LogP contribution in [0.1, 0.15) is 38.2 Å². The Morgan fingerprint density at radius 2 is 2.05 bits per heavy atom. The standard InChI is InChI=1S/C17H24N4/c1-12(2)13-5-7-14(8-6-13)16-10-17(20-19-16)21-9-3-4-15(18)11-21/h5-8,10,12,15H,3-4,9,11,18H2,1-2H3,(H,19,20). The fourth-order valence-electron chi connectivity index (χ4n) is 2.89. The number of nitrogens with two attached hydrogens (primary N) is 1. The molecule has 0 amide bonds. The second-order valence-corrected chi connectivity index (χ2v) is 6.26. The molecule has 0 radical (unpaired) electrons. The predicted octanol–water partition coefficient (Wildman–Crippen LogP) is 3.13. The van der Waals surface area contributed by atoms with E-state index >= 15 is 0 Å². The van der Waals surface area contributed by atoms with Gasteiger partial charge in [-0.2, -0.15) is 5.10 Å². The molecule has 21 heavy (non-hydrogen) atoms. The fourth-order valence-corrected chi connectivity index (χ4v) is 2.89. The first kappa shape index (κ1) is 14.1. The number of aromatic nitrogens is 2. The van der Waals surface area contributed by atoms with Crippen LogP contribution in [0.25, 0.3) is 11.3 Å². The van der Waals surface area contributed by atoms with Gasteiger partial charge in [-0.05, 0) is 29.9 Å². The first-order chi connectivity index (χ1) is 10.1. The lowest BCUT2D eigenvalue weighted by molar-refractivity contribution is 0.503. The van der Waals surface area contributed by atoms with Crippen molar-refractivity contribution in [1.29, 1.82) is 0 Å². The smallest absolute Gasteiger partial charge is 0.151 e. The van der Waals surface area contributed by atoms with Crippen molar-refractivity contribution < 1.29 is 0 Å². The van der Waals surface area contributed by atoms with Gasteiger partial charge in [0.2, 0.25) is 0 Å². The molecule has 1 fully saturated rings. The van der Waals surface area contributed by atoms with E-state index in [1.54, 1.807) is 0 Å². The van der Waals surface area contributed by atoms with Gasteiger partial charge >= 0.3 is 0 Å².